The molecule has 130 valence electrons. The van der Waals surface area contributed by atoms with Gasteiger partial charge >= 0.3 is 0 Å². The zero-order chi connectivity index (χ0) is 17.8. The maximum atomic E-state index is 12.8. The lowest BCUT2D eigenvalue weighted by molar-refractivity contribution is 0.301. The minimum absolute atomic E-state index is 0.128. The van der Waals surface area contributed by atoms with Crippen molar-refractivity contribution in [3.8, 4) is 0 Å². The molecule has 0 saturated carbocycles. The lowest BCUT2D eigenvalue weighted by atomic mass is 10.3. The van der Waals surface area contributed by atoms with Gasteiger partial charge in [0.05, 0.1) is 16.4 Å². The van der Waals surface area contributed by atoms with Gasteiger partial charge in [-0.1, -0.05) is 0 Å². The average molecular weight is 374 g/mol. The number of hydrogen-bond acceptors (Lipinski definition) is 5. The molecule has 0 bridgehead atoms. The summed E-state index contributed by atoms with van der Waals surface area (Å²) in [6, 6.07) is 9.31. The van der Waals surface area contributed by atoms with E-state index in [1.807, 2.05) is 0 Å². The summed E-state index contributed by atoms with van der Waals surface area (Å²) in [6.45, 7) is -0.498. The number of hydrogen-bond donors (Lipinski definition) is 3. The van der Waals surface area contributed by atoms with Crippen molar-refractivity contribution in [2.75, 3.05) is 17.9 Å². The van der Waals surface area contributed by atoms with E-state index < -0.39 is 25.9 Å². The molecule has 10 heteroatoms. The van der Waals surface area contributed by atoms with Crippen LogP contribution in [0.3, 0.4) is 0 Å². The van der Waals surface area contributed by atoms with Gasteiger partial charge in [-0.2, -0.15) is 0 Å². The number of aliphatic hydroxyl groups excluding tert-OH is 1. The number of nitrogens with one attached hydrogen (secondary N) is 2. The van der Waals surface area contributed by atoms with E-state index in [4.69, 9.17) is 5.11 Å². The normalized spacial score (nSPS) is 12.1. The topological polar surface area (TPSA) is 113 Å². The average Bonchev–Trinajstić information content (AvgIpc) is 2.55. The third-order valence-electron chi connectivity index (χ3n) is 2.94. The Labute approximate surface area is 139 Å². The summed E-state index contributed by atoms with van der Waals surface area (Å²) in [6.07, 6.45) is 0. The Morgan fingerprint density at radius 3 is 1.83 bits per heavy atom. The fourth-order valence-electron chi connectivity index (χ4n) is 1.79. The smallest absolute Gasteiger partial charge is 0.261 e. The highest BCUT2D eigenvalue weighted by molar-refractivity contribution is 7.92. The van der Waals surface area contributed by atoms with Gasteiger partial charge < -0.3 is 5.11 Å². The van der Waals surface area contributed by atoms with E-state index >= 15 is 0 Å². The van der Waals surface area contributed by atoms with Crippen LogP contribution in [0.4, 0.5) is 10.1 Å². The Hall–Kier alpha value is -2.01. The van der Waals surface area contributed by atoms with E-state index in [0.29, 0.717) is 0 Å². The van der Waals surface area contributed by atoms with Crippen molar-refractivity contribution in [3.63, 3.8) is 0 Å². The summed E-state index contributed by atoms with van der Waals surface area (Å²) in [4.78, 5) is -0.274. The van der Waals surface area contributed by atoms with Crippen molar-refractivity contribution >= 4 is 25.7 Å². The van der Waals surface area contributed by atoms with Gasteiger partial charge in [-0.25, -0.2) is 25.9 Å². The molecule has 0 saturated heterocycles. The second kappa shape index (κ2) is 7.26. The van der Waals surface area contributed by atoms with Crippen molar-refractivity contribution in [1.29, 1.82) is 0 Å². The molecule has 3 N–H and O–H groups in total. The van der Waals surface area contributed by atoms with Crippen molar-refractivity contribution in [3.05, 3.63) is 54.3 Å². The zero-order valence-corrected chi connectivity index (χ0v) is 13.9. The summed E-state index contributed by atoms with van der Waals surface area (Å²) in [5, 5.41) is 8.65. The van der Waals surface area contributed by atoms with Crippen LogP contribution >= 0.6 is 0 Å². The van der Waals surface area contributed by atoms with Gasteiger partial charge in [0.1, 0.15) is 5.82 Å². The van der Waals surface area contributed by atoms with Crippen LogP contribution in [0.2, 0.25) is 0 Å². The van der Waals surface area contributed by atoms with E-state index in [1.165, 1.54) is 12.1 Å². The first-order valence-electron chi connectivity index (χ1n) is 6.73. The number of sulfonamides is 2. The first-order valence-corrected chi connectivity index (χ1v) is 9.70. The van der Waals surface area contributed by atoms with Gasteiger partial charge in [-0.15, -0.1) is 0 Å². The quantitative estimate of drug-likeness (QED) is 0.666. The molecule has 2 rings (SSSR count). The molecule has 0 aromatic heterocycles. The van der Waals surface area contributed by atoms with Crippen molar-refractivity contribution in [1.82, 2.24) is 4.72 Å². The van der Waals surface area contributed by atoms with Crippen LogP contribution in [0.25, 0.3) is 0 Å². The van der Waals surface area contributed by atoms with Crippen LogP contribution in [0.15, 0.2) is 58.3 Å². The molecule has 0 aliphatic heterocycles. The molecule has 7 nitrogen and oxygen atoms in total. The molecule has 2 aromatic rings. The number of benzene rings is 2. The Morgan fingerprint density at radius 2 is 1.33 bits per heavy atom. The van der Waals surface area contributed by atoms with E-state index in [1.54, 1.807) is 0 Å². The van der Waals surface area contributed by atoms with E-state index in [9.17, 15) is 21.2 Å². The molecule has 0 unspecified atom stereocenters. The maximum absolute atomic E-state index is 12.8. The molecule has 0 aliphatic rings. The number of halogens is 1. The van der Waals surface area contributed by atoms with Gasteiger partial charge in [0.25, 0.3) is 10.0 Å². The molecule has 0 amide bonds. The van der Waals surface area contributed by atoms with Crippen molar-refractivity contribution < 1.29 is 26.3 Å². The minimum atomic E-state index is -3.93. The summed E-state index contributed by atoms with van der Waals surface area (Å²) >= 11 is 0. The van der Waals surface area contributed by atoms with Crippen LogP contribution in [0.5, 0.6) is 0 Å². The van der Waals surface area contributed by atoms with Gasteiger partial charge in [0.15, 0.2) is 0 Å². The molecule has 0 atom stereocenters. The molecule has 0 spiro atoms. The standard InChI is InChI=1S/C14H15FN2O5S2/c15-11-1-3-12(4-2-11)17-24(21,22)14-7-5-13(6-8-14)23(19,20)16-9-10-18/h1-8,16-18H,9-10H2. The van der Waals surface area contributed by atoms with E-state index in [2.05, 4.69) is 9.44 Å². The summed E-state index contributed by atoms with van der Waals surface area (Å²) in [7, 11) is -7.75. The Kier molecular flexibility index (Phi) is 5.54. The molecule has 0 fully saturated rings. The second-order valence-corrected chi connectivity index (χ2v) is 8.15. The highest BCUT2D eigenvalue weighted by Crippen LogP contribution is 2.18. The fraction of sp³-hybridized carbons (Fsp3) is 0.143. The van der Waals surface area contributed by atoms with Crippen LogP contribution in [-0.2, 0) is 20.0 Å². The second-order valence-electron chi connectivity index (χ2n) is 4.71. The van der Waals surface area contributed by atoms with Crippen LogP contribution < -0.4 is 9.44 Å². The predicted molar refractivity (Wildman–Crippen MR) is 85.9 cm³/mol. The SMILES string of the molecule is O=S(=O)(NCCO)c1ccc(S(=O)(=O)Nc2ccc(F)cc2)cc1. The monoisotopic (exact) mass is 374 g/mol. The minimum Gasteiger partial charge on any atom is -0.395 e. The Balaban J connectivity index is 2.21. The maximum Gasteiger partial charge on any atom is 0.261 e. The number of rotatable bonds is 7. The number of anilines is 1. The molecule has 2 aromatic carbocycles. The van der Waals surface area contributed by atoms with E-state index in [-0.39, 0.29) is 28.6 Å². The molecule has 0 heterocycles. The van der Waals surface area contributed by atoms with Crippen LogP contribution in [0, 0.1) is 5.82 Å². The zero-order valence-electron chi connectivity index (χ0n) is 12.3. The summed E-state index contributed by atoms with van der Waals surface area (Å²) < 4.78 is 65.4. The molecular weight excluding hydrogens is 359 g/mol. The lowest BCUT2D eigenvalue weighted by Gasteiger charge is -2.09. The highest BCUT2D eigenvalue weighted by atomic mass is 32.2. The lowest BCUT2D eigenvalue weighted by Crippen LogP contribution is -2.26. The van der Waals surface area contributed by atoms with Crippen molar-refractivity contribution in [2.45, 2.75) is 9.79 Å². The van der Waals surface area contributed by atoms with Gasteiger partial charge in [-0.05, 0) is 48.5 Å². The molecule has 24 heavy (non-hydrogen) atoms. The highest BCUT2D eigenvalue weighted by Gasteiger charge is 2.17. The van der Waals surface area contributed by atoms with Gasteiger partial charge in [0.2, 0.25) is 10.0 Å². The van der Waals surface area contributed by atoms with Crippen LogP contribution in [0.1, 0.15) is 0 Å². The fourth-order valence-corrected chi connectivity index (χ4v) is 3.87. The van der Waals surface area contributed by atoms with E-state index in [0.717, 1.165) is 36.4 Å². The number of aliphatic hydroxyl groups is 1. The molecule has 0 aliphatic carbocycles. The molecular formula is C14H15FN2O5S2. The molecule has 0 radical (unpaired) electrons. The Bertz CT molecular complexity index is 895. The first kappa shape index (κ1) is 18.3. The Morgan fingerprint density at radius 1 is 0.833 bits per heavy atom. The van der Waals surface area contributed by atoms with Crippen LogP contribution in [-0.4, -0.2) is 35.1 Å². The summed E-state index contributed by atoms with van der Waals surface area (Å²) in [5.41, 5.74) is 0.178. The third kappa shape index (κ3) is 4.51. The van der Waals surface area contributed by atoms with Gasteiger partial charge in [0, 0.05) is 12.2 Å². The largest absolute Gasteiger partial charge is 0.395 e. The predicted octanol–water partition coefficient (Wildman–Crippen LogP) is 0.897. The third-order valence-corrected chi connectivity index (χ3v) is 5.82. The van der Waals surface area contributed by atoms with Gasteiger partial charge in [-0.3, -0.25) is 4.72 Å². The summed E-state index contributed by atoms with van der Waals surface area (Å²) in [5.74, 6) is -0.497. The van der Waals surface area contributed by atoms with Crippen molar-refractivity contribution in [2.24, 2.45) is 0 Å². The first-order chi connectivity index (χ1) is 11.2.